The molecule has 23 heavy (non-hydrogen) atoms. The van der Waals surface area contributed by atoms with Gasteiger partial charge in [-0.1, -0.05) is 57.8 Å². The first kappa shape index (κ1) is 19.8. The van der Waals surface area contributed by atoms with Gasteiger partial charge in [0.05, 0.1) is 6.04 Å². The maximum Gasteiger partial charge on any atom is 0.407 e. The van der Waals surface area contributed by atoms with Gasteiger partial charge in [0.2, 0.25) is 0 Å². The number of nitrogens with one attached hydrogen (secondary N) is 1. The van der Waals surface area contributed by atoms with Crippen LogP contribution in [-0.4, -0.2) is 28.9 Å². The molecule has 2 N–H and O–H groups in total. The summed E-state index contributed by atoms with van der Waals surface area (Å²) in [7, 11) is 0. The number of ether oxygens (including phenoxy) is 1. The van der Waals surface area contributed by atoms with Crippen LogP contribution in [-0.2, 0) is 4.74 Å². The summed E-state index contributed by atoms with van der Waals surface area (Å²) in [6.45, 7) is 9.46. The van der Waals surface area contributed by atoms with Crippen molar-refractivity contribution in [1.29, 1.82) is 0 Å². The molecule has 0 radical (unpaired) electrons. The third-order valence-electron chi connectivity index (χ3n) is 3.92. The third-order valence-corrected chi connectivity index (χ3v) is 3.92. The first-order valence-corrected chi connectivity index (χ1v) is 8.86. The van der Waals surface area contributed by atoms with Crippen molar-refractivity contribution in [2.75, 3.05) is 0 Å². The molecule has 1 aliphatic carbocycles. The van der Waals surface area contributed by atoms with E-state index in [1.165, 1.54) is 19.3 Å². The Hall–Kier alpha value is -1.21. The zero-order valence-electron chi connectivity index (χ0n) is 15.3. The summed E-state index contributed by atoms with van der Waals surface area (Å²) in [5.41, 5.74) is -0.548. The minimum absolute atomic E-state index is 0.196. The fraction of sp³-hybridized carbons (Fsp3) is 0.842. The summed E-state index contributed by atoms with van der Waals surface area (Å²) in [4.78, 5) is 12.1. The van der Waals surface area contributed by atoms with Gasteiger partial charge in [-0.2, -0.15) is 0 Å². The normalized spacial score (nSPS) is 18.7. The van der Waals surface area contributed by atoms with E-state index < -0.39 is 17.8 Å². The summed E-state index contributed by atoms with van der Waals surface area (Å²) >= 11 is 0. The smallest absolute Gasteiger partial charge is 0.407 e. The Bertz CT molecular complexity index is 422. The number of alkyl carbamates (subject to hydrolysis) is 1. The Morgan fingerprint density at radius 1 is 1.22 bits per heavy atom. The number of carbonyl (C=O) groups is 1. The quantitative estimate of drug-likeness (QED) is 0.772. The van der Waals surface area contributed by atoms with Crippen molar-refractivity contribution >= 4 is 6.09 Å². The van der Waals surface area contributed by atoms with E-state index in [1.807, 2.05) is 34.6 Å². The van der Waals surface area contributed by atoms with Gasteiger partial charge >= 0.3 is 6.09 Å². The second-order valence-corrected chi connectivity index (χ2v) is 7.88. The second kappa shape index (κ2) is 9.17. The van der Waals surface area contributed by atoms with E-state index in [1.54, 1.807) is 0 Å². The molecule has 0 aromatic heterocycles. The van der Waals surface area contributed by atoms with Crippen LogP contribution in [0.2, 0.25) is 0 Å². The van der Waals surface area contributed by atoms with Crippen molar-refractivity contribution in [2.45, 2.75) is 90.9 Å². The lowest BCUT2D eigenvalue weighted by Crippen LogP contribution is -2.46. The largest absolute Gasteiger partial charge is 0.444 e. The lowest BCUT2D eigenvalue weighted by molar-refractivity contribution is 0.0439. The highest BCUT2D eigenvalue weighted by Gasteiger charge is 2.27. The molecule has 0 spiro atoms. The van der Waals surface area contributed by atoms with Crippen LogP contribution in [0.4, 0.5) is 4.79 Å². The number of rotatable bonds is 4. The van der Waals surface area contributed by atoms with Crippen LogP contribution >= 0.6 is 0 Å². The monoisotopic (exact) mass is 323 g/mol. The summed E-state index contributed by atoms with van der Waals surface area (Å²) in [6, 6.07) is -0.376. The number of aliphatic hydroxyl groups excluding tert-OH is 1. The first-order chi connectivity index (χ1) is 10.7. The summed E-state index contributed by atoms with van der Waals surface area (Å²) < 4.78 is 5.32. The molecular weight excluding hydrogens is 290 g/mol. The highest BCUT2D eigenvalue weighted by atomic mass is 16.6. The van der Waals surface area contributed by atoms with Gasteiger partial charge in [-0.15, -0.1) is 0 Å². The van der Waals surface area contributed by atoms with Gasteiger partial charge < -0.3 is 15.2 Å². The van der Waals surface area contributed by atoms with Gasteiger partial charge in [0.25, 0.3) is 0 Å². The Morgan fingerprint density at radius 2 is 1.83 bits per heavy atom. The molecule has 0 bridgehead atoms. The number of aliphatic hydroxyl groups is 1. The van der Waals surface area contributed by atoms with Crippen molar-refractivity contribution in [3.05, 3.63) is 0 Å². The molecular formula is C19H33NO3. The van der Waals surface area contributed by atoms with Crippen LogP contribution in [0.15, 0.2) is 0 Å². The van der Waals surface area contributed by atoms with Crippen LogP contribution in [0.25, 0.3) is 0 Å². The van der Waals surface area contributed by atoms with Crippen LogP contribution in [0.1, 0.15) is 73.1 Å². The molecule has 0 heterocycles. The van der Waals surface area contributed by atoms with E-state index >= 15 is 0 Å². The summed E-state index contributed by atoms with van der Waals surface area (Å²) in [5.74, 6) is 6.60. The van der Waals surface area contributed by atoms with E-state index in [-0.39, 0.29) is 12.0 Å². The minimum atomic E-state index is -0.855. The molecule has 1 rings (SSSR count). The van der Waals surface area contributed by atoms with Gasteiger partial charge in [0.15, 0.2) is 0 Å². The molecule has 1 saturated carbocycles. The Kier molecular flexibility index (Phi) is 7.91. The van der Waals surface area contributed by atoms with Crippen molar-refractivity contribution in [3.63, 3.8) is 0 Å². The topological polar surface area (TPSA) is 58.6 Å². The zero-order valence-corrected chi connectivity index (χ0v) is 15.3. The highest BCUT2D eigenvalue weighted by Crippen LogP contribution is 2.28. The van der Waals surface area contributed by atoms with E-state index in [0.29, 0.717) is 5.92 Å². The highest BCUT2D eigenvalue weighted by molar-refractivity contribution is 5.68. The predicted molar refractivity (Wildman–Crippen MR) is 93.0 cm³/mol. The van der Waals surface area contributed by atoms with E-state index in [2.05, 4.69) is 17.2 Å². The molecule has 2 atom stereocenters. The van der Waals surface area contributed by atoms with Crippen molar-refractivity contribution in [2.24, 2.45) is 11.8 Å². The van der Waals surface area contributed by atoms with Crippen LogP contribution < -0.4 is 5.32 Å². The molecule has 4 heteroatoms. The second-order valence-electron chi connectivity index (χ2n) is 7.88. The van der Waals surface area contributed by atoms with E-state index in [0.717, 1.165) is 19.3 Å². The SMILES string of the molecule is CC(C)C#CC(O)[C@H](CC1CCCCC1)NC(=O)OC(C)(C)C. The molecule has 132 valence electrons. The van der Waals surface area contributed by atoms with Gasteiger partial charge in [0, 0.05) is 5.92 Å². The van der Waals surface area contributed by atoms with Gasteiger partial charge in [-0.3, -0.25) is 0 Å². The standard InChI is InChI=1S/C19H33NO3/c1-14(2)11-12-17(21)16(13-15-9-7-6-8-10-15)20-18(22)23-19(3,4)5/h14-17,21H,6-10,13H2,1-5H3,(H,20,22)/t16-,17?/m0/s1. The predicted octanol–water partition coefficient (Wildman–Crippen LogP) is 3.87. The Balaban J connectivity index is 2.70. The van der Waals surface area contributed by atoms with Crippen LogP contribution in [0.5, 0.6) is 0 Å². The zero-order chi connectivity index (χ0) is 17.5. The fourth-order valence-electron chi connectivity index (χ4n) is 2.86. The van der Waals surface area contributed by atoms with Gasteiger partial charge in [-0.05, 0) is 33.1 Å². The average molecular weight is 323 g/mol. The fourth-order valence-corrected chi connectivity index (χ4v) is 2.86. The summed E-state index contributed by atoms with van der Waals surface area (Å²) in [5, 5.41) is 13.2. The summed E-state index contributed by atoms with van der Waals surface area (Å²) in [6.07, 6.45) is 5.50. The first-order valence-electron chi connectivity index (χ1n) is 8.86. The van der Waals surface area contributed by atoms with Gasteiger partial charge in [0.1, 0.15) is 11.7 Å². The van der Waals surface area contributed by atoms with Gasteiger partial charge in [-0.25, -0.2) is 4.79 Å². The van der Waals surface area contributed by atoms with Crippen molar-refractivity contribution in [1.82, 2.24) is 5.32 Å². The van der Waals surface area contributed by atoms with E-state index in [4.69, 9.17) is 4.74 Å². The number of amides is 1. The molecule has 0 aromatic carbocycles. The van der Waals surface area contributed by atoms with E-state index in [9.17, 15) is 9.90 Å². The molecule has 0 saturated heterocycles. The lowest BCUT2D eigenvalue weighted by atomic mass is 9.83. The Morgan fingerprint density at radius 3 is 2.35 bits per heavy atom. The maximum absolute atomic E-state index is 12.1. The molecule has 1 aliphatic rings. The molecule has 0 aliphatic heterocycles. The average Bonchev–Trinajstić information content (AvgIpc) is 2.43. The van der Waals surface area contributed by atoms with Crippen molar-refractivity contribution in [3.8, 4) is 11.8 Å². The number of hydrogen-bond acceptors (Lipinski definition) is 3. The molecule has 0 aromatic rings. The molecule has 1 fully saturated rings. The molecule has 1 amide bonds. The minimum Gasteiger partial charge on any atom is -0.444 e. The number of hydrogen-bond donors (Lipinski definition) is 2. The molecule has 1 unspecified atom stereocenters. The maximum atomic E-state index is 12.1. The number of carbonyl (C=O) groups excluding carboxylic acids is 1. The van der Waals surface area contributed by atoms with Crippen LogP contribution in [0.3, 0.4) is 0 Å². The lowest BCUT2D eigenvalue weighted by Gasteiger charge is -2.29. The molecule has 4 nitrogen and oxygen atoms in total. The third kappa shape index (κ3) is 8.86. The van der Waals surface area contributed by atoms with Crippen molar-refractivity contribution < 1.29 is 14.6 Å². The van der Waals surface area contributed by atoms with Crippen LogP contribution in [0, 0.1) is 23.7 Å². The Labute approximate surface area is 141 Å².